The molecule has 0 aliphatic carbocycles. The molecule has 0 aromatic heterocycles. The maximum atomic E-state index is 13.8. The molecule has 1 aromatic rings. The van der Waals surface area contributed by atoms with Gasteiger partial charge in [-0.2, -0.15) is 13.2 Å². The summed E-state index contributed by atoms with van der Waals surface area (Å²) in [6.07, 6.45) is -5.02. The van der Waals surface area contributed by atoms with E-state index in [1.165, 1.54) is 25.3 Å². The number of ether oxygens (including phenoxy) is 4. The van der Waals surface area contributed by atoms with Crippen LogP contribution in [0.5, 0.6) is 0 Å². The van der Waals surface area contributed by atoms with E-state index in [1.54, 1.807) is 0 Å². The van der Waals surface area contributed by atoms with Gasteiger partial charge in [-0.3, -0.25) is 4.79 Å². The Kier molecular flexibility index (Phi) is 10.4. The summed E-state index contributed by atoms with van der Waals surface area (Å²) >= 11 is 0. The van der Waals surface area contributed by atoms with Crippen molar-refractivity contribution in [3.63, 3.8) is 0 Å². The molecule has 2 atom stereocenters. The van der Waals surface area contributed by atoms with Crippen molar-refractivity contribution in [2.75, 3.05) is 53.9 Å². The van der Waals surface area contributed by atoms with Gasteiger partial charge in [-0.05, 0) is 0 Å². The van der Waals surface area contributed by atoms with Gasteiger partial charge in [0.05, 0.1) is 45.7 Å². The third-order valence-electron chi connectivity index (χ3n) is 3.88. The maximum Gasteiger partial charge on any atom is 0.430 e. The summed E-state index contributed by atoms with van der Waals surface area (Å²) < 4.78 is 61.3. The topological polar surface area (TPSA) is 86.3 Å². The summed E-state index contributed by atoms with van der Waals surface area (Å²) in [5.41, 5.74) is -3.57. The number of hydrogen-bond donors (Lipinski definition) is 2. The maximum absolute atomic E-state index is 13.8. The molecule has 1 aromatic carbocycles. The molecule has 0 aliphatic heterocycles. The average Bonchev–Trinajstić information content (AvgIpc) is 2.67. The number of carbonyl (C=O) groups is 1. The summed E-state index contributed by atoms with van der Waals surface area (Å²) in [5, 5.41) is 11.5. The Balaban J connectivity index is 2.75. The van der Waals surface area contributed by atoms with Crippen molar-refractivity contribution in [1.82, 2.24) is 5.32 Å². The first kappa shape index (κ1) is 24.3. The summed E-state index contributed by atoms with van der Waals surface area (Å²) in [6.45, 7) is 0.378. The van der Waals surface area contributed by atoms with E-state index in [9.17, 15) is 23.1 Å². The van der Waals surface area contributed by atoms with E-state index < -0.39 is 30.3 Å². The molecule has 160 valence electrons. The van der Waals surface area contributed by atoms with Crippen LogP contribution in [0.4, 0.5) is 13.2 Å². The van der Waals surface area contributed by atoms with Gasteiger partial charge in [0.15, 0.2) is 0 Å². The molecule has 0 unspecified atom stereocenters. The van der Waals surface area contributed by atoms with Crippen LogP contribution < -0.4 is 5.32 Å². The number of amides is 1. The second-order valence-corrected chi connectivity index (χ2v) is 5.78. The highest BCUT2D eigenvalue weighted by molar-refractivity contribution is 5.88. The summed E-state index contributed by atoms with van der Waals surface area (Å²) in [4.78, 5) is 12.6. The van der Waals surface area contributed by atoms with Gasteiger partial charge in [-0.25, -0.2) is 0 Å². The number of nitrogens with one attached hydrogen (secondary N) is 1. The highest BCUT2D eigenvalue weighted by Gasteiger charge is 2.62. The van der Waals surface area contributed by atoms with Crippen LogP contribution in [0.2, 0.25) is 0 Å². The van der Waals surface area contributed by atoms with Crippen LogP contribution in [-0.2, 0) is 29.3 Å². The lowest BCUT2D eigenvalue weighted by Gasteiger charge is -2.34. The van der Waals surface area contributed by atoms with Crippen LogP contribution in [0.25, 0.3) is 0 Å². The molecule has 0 bridgehead atoms. The first-order valence-electron chi connectivity index (χ1n) is 8.57. The quantitative estimate of drug-likeness (QED) is 0.477. The van der Waals surface area contributed by atoms with E-state index in [-0.39, 0.29) is 25.4 Å². The van der Waals surface area contributed by atoms with Gasteiger partial charge in [-0.1, -0.05) is 30.3 Å². The molecular formula is C18H26F3NO6. The molecule has 0 radical (unpaired) electrons. The summed E-state index contributed by atoms with van der Waals surface area (Å²) in [7, 11) is 2.34. The van der Waals surface area contributed by atoms with Gasteiger partial charge < -0.3 is 29.4 Å². The highest BCUT2D eigenvalue weighted by Crippen LogP contribution is 2.42. The van der Waals surface area contributed by atoms with E-state index >= 15 is 0 Å². The molecule has 0 aliphatic rings. The van der Waals surface area contributed by atoms with Crippen molar-refractivity contribution < 1.29 is 42.0 Å². The van der Waals surface area contributed by atoms with Gasteiger partial charge in [0, 0.05) is 19.8 Å². The van der Waals surface area contributed by atoms with Gasteiger partial charge in [0.2, 0.25) is 0 Å². The molecule has 0 saturated heterocycles. The lowest BCUT2D eigenvalue weighted by molar-refractivity contribution is -0.266. The Hall–Kier alpha value is -1.72. The number of aliphatic hydroxyl groups is 1. The Bertz CT molecular complexity index is 572. The summed E-state index contributed by atoms with van der Waals surface area (Å²) in [6, 6.07) is 5.53. The molecule has 2 N–H and O–H groups in total. The minimum atomic E-state index is -5.02. The molecule has 0 heterocycles. The largest absolute Gasteiger partial charge is 0.430 e. The van der Waals surface area contributed by atoms with Crippen LogP contribution in [-0.4, -0.2) is 77.1 Å². The van der Waals surface area contributed by atoms with Crippen LogP contribution in [0.3, 0.4) is 0 Å². The Morgan fingerprint density at radius 1 is 1.07 bits per heavy atom. The monoisotopic (exact) mass is 409 g/mol. The fourth-order valence-electron chi connectivity index (χ4n) is 2.44. The van der Waals surface area contributed by atoms with Crippen molar-refractivity contribution in [3.05, 3.63) is 35.9 Å². The number of methoxy groups -OCH3 is 2. The lowest BCUT2D eigenvalue weighted by atomic mass is 9.91. The van der Waals surface area contributed by atoms with Gasteiger partial charge in [-0.15, -0.1) is 0 Å². The lowest BCUT2D eigenvalue weighted by Crippen LogP contribution is -2.58. The fraction of sp³-hybridized carbons (Fsp3) is 0.611. The Labute approximate surface area is 161 Å². The molecule has 7 nitrogen and oxygen atoms in total. The number of halogens is 3. The zero-order valence-electron chi connectivity index (χ0n) is 15.8. The zero-order valence-corrected chi connectivity index (χ0v) is 15.8. The third kappa shape index (κ3) is 6.42. The molecule has 0 saturated carbocycles. The number of aliphatic hydroxyl groups excluding tert-OH is 1. The Morgan fingerprint density at radius 3 is 2.21 bits per heavy atom. The molecule has 28 heavy (non-hydrogen) atoms. The molecule has 1 rings (SSSR count). The number of alkyl halides is 3. The van der Waals surface area contributed by atoms with E-state index in [4.69, 9.17) is 14.2 Å². The van der Waals surface area contributed by atoms with Gasteiger partial charge in [0.25, 0.3) is 11.5 Å². The minimum absolute atomic E-state index is 0.142. The van der Waals surface area contributed by atoms with Crippen molar-refractivity contribution in [2.24, 2.45) is 0 Å². The molecular weight excluding hydrogens is 383 g/mol. The highest BCUT2D eigenvalue weighted by atomic mass is 19.4. The number of benzene rings is 1. The van der Waals surface area contributed by atoms with Crippen molar-refractivity contribution in [1.29, 1.82) is 0 Å². The number of rotatable bonds is 13. The van der Waals surface area contributed by atoms with Crippen molar-refractivity contribution in [3.8, 4) is 0 Å². The first-order valence-corrected chi connectivity index (χ1v) is 8.57. The van der Waals surface area contributed by atoms with E-state index in [0.29, 0.717) is 13.2 Å². The molecule has 0 fully saturated rings. The van der Waals surface area contributed by atoms with Crippen LogP contribution in [0.1, 0.15) is 5.56 Å². The van der Waals surface area contributed by atoms with Crippen LogP contribution in [0, 0.1) is 0 Å². The van der Waals surface area contributed by atoms with E-state index in [1.807, 2.05) is 0 Å². The number of carbonyl (C=O) groups excluding carboxylic acids is 1. The van der Waals surface area contributed by atoms with Crippen molar-refractivity contribution >= 4 is 5.91 Å². The molecule has 10 heteroatoms. The SMILES string of the molecule is COCCOCCOC[C@@H](CO)NC(=O)[C@](OC)(c1ccccc1)C(F)(F)F. The normalized spacial score (nSPS) is 15.1. The third-order valence-corrected chi connectivity index (χ3v) is 3.88. The van der Waals surface area contributed by atoms with Crippen LogP contribution in [0.15, 0.2) is 30.3 Å². The van der Waals surface area contributed by atoms with Gasteiger partial charge in [0.1, 0.15) is 0 Å². The summed E-state index contributed by atoms with van der Waals surface area (Å²) in [5.74, 6) is -1.44. The van der Waals surface area contributed by atoms with Gasteiger partial charge >= 0.3 is 6.18 Å². The fourth-order valence-corrected chi connectivity index (χ4v) is 2.44. The predicted molar refractivity (Wildman–Crippen MR) is 93.7 cm³/mol. The molecule has 0 spiro atoms. The smallest absolute Gasteiger partial charge is 0.394 e. The first-order chi connectivity index (χ1) is 13.3. The standard InChI is InChI=1S/C18H26F3NO6/c1-25-8-9-27-10-11-28-13-15(12-23)22-16(24)17(26-2,18(19,20)21)14-6-4-3-5-7-14/h3-7,15,23H,8-13H2,1-2H3,(H,22,24)/t15-,17-/m1/s1. The molecule has 1 amide bonds. The second-order valence-electron chi connectivity index (χ2n) is 5.78. The van der Waals surface area contributed by atoms with E-state index in [0.717, 1.165) is 19.2 Å². The van der Waals surface area contributed by atoms with Crippen molar-refractivity contribution in [2.45, 2.75) is 17.8 Å². The van der Waals surface area contributed by atoms with E-state index in [2.05, 4.69) is 10.1 Å². The zero-order chi connectivity index (χ0) is 21.0. The van der Waals surface area contributed by atoms with Crippen LogP contribution >= 0.6 is 0 Å². The predicted octanol–water partition coefficient (Wildman–Crippen LogP) is 1.25. The second kappa shape index (κ2) is 12.0. The average molecular weight is 409 g/mol. The number of hydrogen-bond acceptors (Lipinski definition) is 6. The Morgan fingerprint density at radius 2 is 1.68 bits per heavy atom. The minimum Gasteiger partial charge on any atom is -0.394 e.